The molecule has 7 heteroatoms. The zero-order valence-electron chi connectivity index (χ0n) is 11.7. The molecule has 0 spiro atoms. The summed E-state index contributed by atoms with van der Waals surface area (Å²) in [5, 5.41) is 5.01. The first kappa shape index (κ1) is 15.7. The molecule has 20 heavy (non-hydrogen) atoms. The topological polar surface area (TPSA) is 93.7 Å². The van der Waals surface area contributed by atoms with E-state index in [1.165, 1.54) is 12.2 Å². The average Bonchev–Trinajstić information content (AvgIpc) is 2.36. The molecule has 2 amide bonds. The Balaban J connectivity index is 2.91. The minimum Gasteiger partial charge on any atom is -0.463 e. The summed E-state index contributed by atoms with van der Waals surface area (Å²) in [6, 6.07) is -0.971. The highest BCUT2D eigenvalue weighted by Crippen LogP contribution is 2.14. The van der Waals surface area contributed by atoms with Gasteiger partial charge in [-0.1, -0.05) is 6.08 Å². The van der Waals surface area contributed by atoms with E-state index in [4.69, 9.17) is 9.47 Å². The molecule has 0 aromatic carbocycles. The van der Waals surface area contributed by atoms with Crippen LogP contribution >= 0.6 is 0 Å². The molecule has 110 valence electrons. The quantitative estimate of drug-likeness (QED) is 0.569. The van der Waals surface area contributed by atoms with Gasteiger partial charge in [-0.15, -0.1) is 0 Å². The van der Waals surface area contributed by atoms with Crippen LogP contribution in [-0.4, -0.2) is 37.2 Å². The minimum absolute atomic E-state index is 0.199. The highest BCUT2D eigenvalue weighted by molar-refractivity contribution is 5.94. The normalized spacial score (nSPS) is 18.6. The Hall–Kier alpha value is -2.31. The second-order valence-corrected chi connectivity index (χ2v) is 4.04. The van der Waals surface area contributed by atoms with Gasteiger partial charge < -0.3 is 20.1 Å². The molecule has 1 aliphatic rings. The van der Waals surface area contributed by atoms with E-state index in [1.54, 1.807) is 20.8 Å². The lowest BCUT2D eigenvalue weighted by Crippen LogP contribution is -2.50. The number of hydrogen-bond acceptors (Lipinski definition) is 5. The lowest BCUT2D eigenvalue weighted by Gasteiger charge is -2.26. The first-order valence-electron chi connectivity index (χ1n) is 6.26. The molecule has 0 bridgehead atoms. The molecule has 0 aromatic rings. The Morgan fingerprint density at radius 1 is 1.35 bits per heavy atom. The Bertz CT molecular complexity index is 467. The van der Waals surface area contributed by atoms with E-state index in [2.05, 4.69) is 10.6 Å². The Kier molecular flexibility index (Phi) is 5.76. The molecule has 1 atom stereocenters. The maximum absolute atomic E-state index is 11.9. The third-order valence-electron chi connectivity index (χ3n) is 2.53. The summed E-state index contributed by atoms with van der Waals surface area (Å²) in [5.74, 6) is -1.10. The Morgan fingerprint density at radius 2 is 2.05 bits per heavy atom. The Morgan fingerprint density at radius 3 is 2.65 bits per heavy atom. The fourth-order valence-electron chi connectivity index (χ4n) is 1.72. The highest BCUT2D eigenvalue weighted by atomic mass is 16.5. The molecule has 0 saturated carbocycles. The van der Waals surface area contributed by atoms with E-state index >= 15 is 0 Å². The smallest absolute Gasteiger partial charge is 0.338 e. The van der Waals surface area contributed by atoms with Gasteiger partial charge in [0.15, 0.2) is 0 Å². The summed E-state index contributed by atoms with van der Waals surface area (Å²) in [7, 11) is 0. The molecule has 1 heterocycles. The van der Waals surface area contributed by atoms with E-state index in [1.807, 2.05) is 0 Å². The Labute approximate surface area is 117 Å². The van der Waals surface area contributed by atoms with Crippen LogP contribution in [0.5, 0.6) is 0 Å². The van der Waals surface area contributed by atoms with Gasteiger partial charge in [-0.2, -0.15) is 0 Å². The largest absolute Gasteiger partial charge is 0.463 e. The van der Waals surface area contributed by atoms with Crippen LogP contribution < -0.4 is 10.6 Å². The summed E-state index contributed by atoms with van der Waals surface area (Å²) >= 11 is 0. The predicted octanol–water partition coefficient (Wildman–Crippen LogP) is 0.624. The van der Waals surface area contributed by atoms with Gasteiger partial charge in [-0.05, 0) is 20.8 Å². The average molecular weight is 282 g/mol. The molecule has 0 aliphatic carbocycles. The molecule has 0 fully saturated rings. The van der Waals surface area contributed by atoms with Crippen molar-refractivity contribution in [2.75, 3.05) is 13.2 Å². The molecule has 0 aromatic heterocycles. The van der Waals surface area contributed by atoms with Crippen molar-refractivity contribution in [3.8, 4) is 0 Å². The number of allylic oxidation sites excluding steroid dienone is 1. The van der Waals surface area contributed by atoms with Gasteiger partial charge in [0.1, 0.15) is 6.61 Å². The van der Waals surface area contributed by atoms with Crippen LogP contribution in [0.15, 0.2) is 23.4 Å². The van der Waals surface area contributed by atoms with Crippen molar-refractivity contribution in [3.63, 3.8) is 0 Å². The number of urea groups is 1. The number of carbonyl (C=O) groups excluding carboxylic acids is 3. The first-order valence-corrected chi connectivity index (χ1v) is 6.26. The zero-order valence-corrected chi connectivity index (χ0v) is 11.7. The van der Waals surface area contributed by atoms with Crippen LogP contribution in [0.4, 0.5) is 4.79 Å². The van der Waals surface area contributed by atoms with Crippen LogP contribution in [0.1, 0.15) is 20.8 Å². The van der Waals surface area contributed by atoms with Crippen molar-refractivity contribution in [1.29, 1.82) is 0 Å². The van der Waals surface area contributed by atoms with Gasteiger partial charge in [-0.25, -0.2) is 14.4 Å². The van der Waals surface area contributed by atoms with E-state index < -0.39 is 24.0 Å². The van der Waals surface area contributed by atoms with Crippen molar-refractivity contribution < 1.29 is 23.9 Å². The summed E-state index contributed by atoms with van der Waals surface area (Å²) in [6.07, 6.45) is 2.78. The van der Waals surface area contributed by atoms with E-state index in [0.717, 1.165) is 0 Å². The zero-order chi connectivity index (χ0) is 15.1. The monoisotopic (exact) mass is 282 g/mol. The second kappa shape index (κ2) is 7.32. The lowest BCUT2D eigenvalue weighted by atomic mass is 10.0. The number of rotatable bonds is 5. The third-order valence-corrected chi connectivity index (χ3v) is 2.53. The number of esters is 2. The van der Waals surface area contributed by atoms with Gasteiger partial charge in [0, 0.05) is 6.08 Å². The fraction of sp³-hybridized carbons (Fsp3) is 0.462. The van der Waals surface area contributed by atoms with Gasteiger partial charge in [0.05, 0.1) is 23.9 Å². The van der Waals surface area contributed by atoms with Crippen LogP contribution in [0.3, 0.4) is 0 Å². The third kappa shape index (κ3) is 4.11. The number of carbonyl (C=O) groups is 3. The summed E-state index contributed by atoms with van der Waals surface area (Å²) < 4.78 is 9.87. The van der Waals surface area contributed by atoms with Crippen molar-refractivity contribution >= 4 is 18.0 Å². The molecule has 0 radical (unpaired) electrons. The van der Waals surface area contributed by atoms with Gasteiger partial charge in [-0.3, -0.25) is 0 Å². The standard InChI is InChI=1S/C13H18N2O5/c1-4-6-10(16)20-7-9-11(12(17)19-5-2)8(3)14-13(18)15-9/h4,6,8H,5,7H2,1-3H3,(H2,14,15,18)/b6-4+/t8-/m1/s1. The van der Waals surface area contributed by atoms with Crippen LogP contribution in [-0.2, 0) is 19.1 Å². The number of ether oxygens (including phenoxy) is 2. The molecule has 0 unspecified atom stereocenters. The number of nitrogens with one attached hydrogen (secondary N) is 2. The van der Waals surface area contributed by atoms with Gasteiger partial charge >= 0.3 is 18.0 Å². The molecular formula is C13H18N2O5. The molecule has 1 aliphatic heterocycles. The van der Waals surface area contributed by atoms with Crippen molar-refractivity contribution in [2.24, 2.45) is 0 Å². The second-order valence-electron chi connectivity index (χ2n) is 4.04. The summed E-state index contributed by atoms with van der Waals surface area (Å²) in [5.41, 5.74) is 0.484. The van der Waals surface area contributed by atoms with Gasteiger partial charge in [0.25, 0.3) is 0 Å². The predicted molar refractivity (Wildman–Crippen MR) is 70.6 cm³/mol. The van der Waals surface area contributed by atoms with Crippen molar-refractivity contribution in [1.82, 2.24) is 10.6 Å². The summed E-state index contributed by atoms with van der Waals surface area (Å²) in [6.45, 7) is 5.03. The number of amides is 2. The SMILES string of the molecule is C/C=C/C(=O)OCC1=C(C(=O)OCC)[C@@H](C)NC(=O)N1. The lowest BCUT2D eigenvalue weighted by molar-refractivity contribution is -0.140. The minimum atomic E-state index is -0.552. The van der Waals surface area contributed by atoms with Crippen LogP contribution in [0, 0.1) is 0 Å². The molecule has 1 rings (SSSR count). The first-order chi connectivity index (χ1) is 9.49. The van der Waals surface area contributed by atoms with E-state index in [0.29, 0.717) is 0 Å². The van der Waals surface area contributed by atoms with Crippen LogP contribution in [0.2, 0.25) is 0 Å². The fourth-order valence-corrected chi connectivity index (χ4v) is 1.72. The molecular weight excluding hydrogens is 264 g/mol. The molecule has 0 saturated heterocycles. The van der Waals surface area contributed by atoms with E-state index in [-0.39, 0.29) is 24.5 Å². The summed E-state index contributed by atoms with van der Waals surface area (Å²) in [4.78, 5) is 34.6. The maximum atomic E-state index is 11.9. The van der Waals surface area contributed by atoms with Crippen molar-refractivity contribution in [3.05, 3.63) is 23.4 Å². The van der Waals surface area contributed by atoms with Gasteiger partial charge in [0.2, 0.25) is 0 Å². The van der Waals surface area contributed by atoms with Crippen LogP contribution in [0.25, 0.3) is 0 Å². The van der Waals surface area contributed by atoms with E-state index in [9.17, 15) is 14.4 Å². The van der Waals surface area contributed by atoms with Crippen molar-refractivity contribution in [2.45, 2.75) is 26.8 Å². The maximum Gasteiger partial charge on any atom is 0.338 e. The molecule has 2 N–H and O–H groups in total. The number of hydrogen-bond donors (Lipinski definition) is 2. The highest BCUT2D eigenvalue weighted by Gasteiger charge is 2.30. The molecule has 7 nitrogen and oxygen atoms in total.